The Balaban J connectivity index is 2.67. The lowest BCUT2D eigenvalue weighted by molar-refractivity contribution is 0.483. The molecule has 0 bridgehead atoms. The molecule has 3 heteroatoms. The fourth-order valence-corrected chi connectivity index (χ4v) is 1.77. The van der Waals surface area contributed by atoms with E-state index >= 15 is 0 Å². The molecule has 0 aliphatic rings. The molecule has 0 saturated carbocycles. The standard InChI is InChI=1S/C13H21FN2/c1-3-4-5-6-13(16-15)11-8-7-10(2)12(14)9-11/h7-9,13,16H,3-6,15H2,1-2H3. The van der Waals surface area contributed by atoms with Crippen LogP contribution < -0.4 is 11.3 Å². The molecule has 1 aromatic rings. The van der Waals surface area contributed by atoms with Gasteiger partial charge in [-0.25, -0.2) is 4.39 Å². The summed E-state index contributed by atoms with van der Waals surface area (Å²) in [5, 5.41) is 0. The number of hydrogen-bond acceptors (Lipinski definition) is 2. The average molecular weight is 224 g/mol. The van der Waals surface area contributed by atoms with Crippen molar-refractivity contribution in [3.8, 4) is 0 Å². The molecule has 3 N–H and O–H groups in total. The van der Waals surface area contributed by atoms with Crippen LogP contribution in [0.2, 0.25) is 0 Å². The molecule has 1 rings (SSSR count). The molecular formula is C13H21FN2. The predicted molar refractivity (Wildman–Crippen MR) is 65.3 cm³/mol. The quantitative estimate of drug-likeness (QED) is 0.442. The van der Waals surface area contributed by atoms with Gasteiger partial charge in [-0.1, -0.05) is 38.3 Å². The van der Waals surface area contributed by atoms with Crippen LogP contribution in [0.15, 0.2) is 18.2 Å². The Morgan fingerprint density at radius 1 is 1.38 bits per heavy atom. The average Bonchev–Trinajstić information content (AvgIpc) is 2.29. The van der Waals surface area contributed by atoms with Crippen molar-refractivity contribution in [2.75, 3.05) is 0 Å². The second kappa shape index (κ2) is 6.61. The van der Waals surface area contributed by atoms with E-state index in [4.69, 9.17) is 5.84 Å². The molecule has 1 atom stereocenters. The van der Waals surface area contributed by atoms with Gasteiger partial charge in [-0.2, -0.15) is 0 Å². The highest BCUT2D eigenvalue weighted by Gasteiger charge is 2.10. The summed E-state index contributed by atoms with van der Waals surface area (Å²) >= 11 is 0. The number of hydrazine groups is 1. The van der Waals surface area contributed by atoms with E-state index in [1.165, 1.54) is 12.8 Å². The number of benzene rings is 1. The number of unbranched alkanes of at least 4 members (excludes halogenated alkanes) is 2. The Hall–Kier alpha value is -0.930. The van der Waals surface area contributed by atoms with E-state index in [1.54, 1.807) is 19.1 Å². The monoisotopic (exact) mass is 224 g/mol. The minimum Gasteiger partial charge on any atom is -0.271 e. The van der Waals surface area contributed by atoms with E-state index in [0.29, 0.717) is 5.56 Å². The third-order valence-electron chi connectivity index (χ3n) is 2.90. The van der Waals surface area contributed by atoms with Gasteiger partial charge in [0.1, 0.15) is 5.82 Å². The van der Waals surface area contributed by atoms with Crippen molar-refractivity contribution in [1.82, 2.24) is 5.43 Å². The Bertz CT molecular complexity index is 326. The highest BCUT2D eigenvalue weighted by molar-refractivity contribution is 5.25. The normalized spacial score (nSPS) is 12.8. The van der Waals surface area contributed by atoms with Crippen molar-refractivity contribution in [3.05, 3.63) is 35.1 Å². The van der Waals surface area contributed by atoms with Crippen LogP contribution in [0.1, 0.15) is 49.8 Å². The fourth-order valence-electron chi connectivity index (χ4n) is 1.77. The summed E-state index contributed by atoms with van der Waals surface area (Å²) in [6.45, 7) is 3.93. The van der Waals surface area contributed by atoms with Crippen LogP contribution in [-0.4, -0.2) is 0 Å². The Morgan fingerprint density at radius 2 is 2.12 bits per heavy atom. The van der Waals surface area contributed by atoms with Crippen LogP contribution in [0, 0.1) is 12.7 Å². The second-order valence-electron chi connectivity index (χ2n) is 4.22. The molecule has 1 aromatic carbocycles. The van der Waals surface area contributed by atoms with Crippen LogP contribution in [0.4, 0.5) is 4.39 Å². The molecule has 0 amide bonds. The molecule has 0 radical (unpaired) electrons. The first-order chi connectivity index (χ1) is 7.69. The summed E-state index contributed by atoms with van der Waals surface area (Å²) in [4.78, 5) is 0. The Labute approximate surface area is 97.0 Å². The molecule has 0 spiro atoms. The summed E-state index contributed by atoms with van der Waals surface area (Å²) in [7, 11) is 0. The van der Waals surface area contributed by atoms with Gasteiger partial charge in [-0.3, -0.25) is 11.3 Å². The number of rotatable bonds is 6. The lowest BCUT2D eigenvalue weighted by atomic mass is 10.00. The van der Waals surface area contributed by atoms with Gasteiger partial charge in [0, 0.05) is 6.04 Å². The Kier molecular flexibility index (Phi) is 5.43. The zero-order chi connectivity index (χ0) is 12.0. The first kappa shape index (κ1) is 13.1. The molecule has 1 unspecified atom stereocenters. The van der Waals surface area contributed by atoms with Gasteiger partial charge in [-0.15, -0.1) is 0 Å². The molecule has 90 valence electrons. The number of aryl methyl sites for hydroxylation is 1. The van der Waals surface area contributed by atoms with E-state index in [2.05, 4.69) is 12.3 Å². The van der Waals surface area contributed by atoms with Crippen molar-refractivity contribution in [2.24, 2.45) is 5.84 Å². The zero-order valence-electron chi connectivity index (χ0n) is 10.1. The second-order valence-corrected chi connectivity index (χ2v) is 4.22. The predicted octanol–water partition coefficient (Wildman–Crippen LogP) is 3.22. The van der Waals surface area contributed by atoms with E-state index in [9.17, 15) is 4.39 Å². The number of halogens is 1. The maximum absolute atomic E-state index is 13.4. The first-order valence-corrected chi connectivity index (χ1v) is 5.91. The highest BCUT2D eigenvalue weighted by Crippen LogP contribution is 2.21. The molecule has 2 nitrogen and oxygen atoms in total. The van der Waals surface area contributed by atoms with Crippen molar-refractivity contribution in [3.63, 3.8) is 0 Å². The Morgan fingerprint density at radius 3 is 2.69 bits per heavy atom. The first-order valence-electron chi connectivity index (χ1n) is 5.91. The van der Waals surface area contributed by atoms with Crippen molar-refractivity contribution in [2.45, 2.75) is 45.6 Å². The smallest absolute Gasteiger partial charge is 0.126 e. The van der Waals surface area contributed by atoms with Crippen LogP contribution in [0.5, 0.6) is 0 Å². The minimum atomic E-state index is -0.159. The maximum Gasteiger partial charge on any atom is 0.126 e. The maximum atomic E-state index is 13.4. The summed E-state index contributed by atoms with van der Waals surface area (Å²) in [6.07, 6.45) is 4.43. The fraction of sp³-hybridized carbons (Fsp3) is 0.538. The number of hydrogen-bond donors (Lipinski definition) is 2. The number of nitrogens with two attached hydrogens (primary N) is 1. The third kappa shape index (κ3) is 3.58. The van der Waals surface area contributed by atoms with E-state index in [1.807, 2.05) is 6.07 Å². The molecule has 0 aromatic heterocycles. The van der Waals surface area contributed by atoms with Crippen LogP contribution >= 0.6 is 0 Å². The van der Waals surface area contributed by atoms with Gasteiger partial charge < -0.3 is 0 Å². The van der Waals surface area contributed by atoms with Gasteiger partial charge in [0.05, 0.1) is 0 Å². The number of nitrogens with one attached hydrogen (secondary N) is 1. The van der Waals surface area contributed by atoms with E-state index in [-0.39, 0.29) is 11.9 Å². The van der Waals surface area contributed by atoms with Crippen molar-refractivity contribution < 1.29 is 4.39 Å². The molecule has 0 aliphatic heterocycles. The van der Waals surface area contributed by atoms with Gasteiger partial charge in [0.2, 0.25) is 0 Å². The van der Waals surface area contributed by atoms with Gasteiger partial charge in [0.15, 0.2) is 0 Å². The molecule has 0 aliphatic carbocycles. The molecule has 0 saturated heterocycles. The van der Waals surface area contributed by atoms with Gasteiger partial charge in [-0.05, 0) is 30.5 Å². The summed E-state index contributed by atoms with van der Waals surface area (Å²) < 4.78 is 13.4. The van der Waals surface area contributed by atoms with E-state index in [0.717, 1.165) is 18.4 Å². The topological polar surface area (TPSA) is 38.0 Å². The highest BCUT2D eigenvalue weighted by atomic mass is 19.1. The molecule has 0 heterocycles. The van der Waals surface area contributed by atoms with E-state index < -0.39 is 0 Å². The minimum absolute atomic E-state index is 0.0571. The van der Waals surface area contributed by atoms with Crippen molar-refractivity contribution in [1.29, 1.82) is 0 Å². The van der Waals surface area contributed by atoms with Crippen LogP contribution in [0.25, 0.3) is 0 Å². The SMILES string of the molecule is CCCCCC(NN)c1ccc(C)c(F)c1. The van der Waals surface area contributed by atoms with Crippen molar-refractivity contribution >= 4 is 0 Å². The summed E-state index contributed by atoms with van der Waals surface area (Å²) in [6, 6.07) is 5.37. The van der Waals surface area contributed by atoms with Gasteiger partial charge >= 0.3 is 0 Å². The molecule has 0 fully saturated rings. The molecule has 16 heavy (non-hydrogen) atoms. The molecular weight excluding hydrogens is 203 g/mol. The lowest BCUT2D eigenvalue weighted by Gasteiger charge is -2.16. The van der Waals surface area contributed by atoms with Crippen LogP contribution in [-0.2, 0) is 0 Å². The summed E-state index contributed by atoms with van der Waals surface area (Å²) in [5.41, 5.74) is 4.36. The zero-order valence-corrected chi connectivity index (χ0v) is 10.1. The lowest BCUT2D eigenvalue weighted by Crippen LogP contribution is -2.28. The summed E-state index contributed by atoms with van der Waals surface area (Å²) in [5.74, 6) is 5.34. The van der Waals surface area contributed by atoms with Crippen LogP contribution in [0.3, 0.4) is 0 Å². The largest absolute Gasteiger partial charge is 0.271 e. The van der Waals surface area contributed by atoms with Gasteiger partial charge in [0.25, 0.3) is 0 Å². The third-order valence-corrected chi connectivity index (χ3v) is 2.90.